The van der Waals surface area contributed by atoms with Crippen LogP contribution in [0.4, 0.5) is 34.1 Å². The van der Waals surface area contributed by atoms with Gasteiger partial charge in [-0.25, -0.2) is 0 Å². The standard InChI is InChI=1S/2C27H25N3O3.Fe/c2*1-27(2,3)18-13-14-23(31)22(16-18)29-30-24-20-12-8-7-9-17(20)15-21(25(24)32)26(33)28-19-10-5-4-6-11-19;/h2*4-16,31-32H,1-3H3,(H,28,33);. The fourth-order valence-electron chi connectivity index (χ4n) is 6.97. The van der Waals surface area contributed by atoms with Crippen molar-refractivity contribution in [3.8, 4) is 23.0 Å². The summed E-state index contributed by atoms with van der Waals surface area (Å²) in [5.41, 5.74) is 3.97. The van der Waals surface area contributed by atoms with E-state index in [2.05, 4.69) is 72.6 Å². The second-order valence-electron chi connectivity index (χ2n) is 17.6. The summed E-state index contributed by atoms with van der Waals surface area (Å²) in [5.74, 6) is -1.52. The molecule has 0 aliphatic heterocycles. The fourth-order valence-corrected chi connectivity index (χ4v) is 6.97. The van der Waals surface area contributed by atoms with Crippen molar-refractivity contribution in [3.63, 3.8) is 0 Å². The number of carbonyl (C=O) groups is 2. The summed E-state index contributed by atoms with van der Waals surface area (Å²) in [5, 5.41) is 67.9. The zero-order chi connectivity index (χ0) is 47.2. The maximum atomic E-state index is 12.9. The number of nitrogens with one attached hydrogen (secondary N) is 2. The molecule has 13 heteroatoms. The van der Waals surface area contributed by atoms with Crippen LogP contribution in [-0.2, 0) is 27.9 Å². The van der Waals surface area contributed by atoms with E-state index in [0.29, 0.717) is 22.1 Å². The van der Waals surface area contributed by atoms with E-state index in [1.165, 1.54) is 0 Å². The fraction of sp³-hybridized carbons (Fsp3) is 0.148. The summed E-state index contributed by atoms with van der Waals surface area (Å²) >= 11 is 0. The third-order valence-corrected chi connectivity index (χ3v) is 10.7. The van der Waals surface area contributed by atoms with E-state index in [0.717, 1.165) is 21.9 Å². The van der Waals surface area contributed by atoms with Gasteiger partial charge in [0.15, 0.2) is 11.5 Å². The molecule has 0 aliphatic carbocycles. The maximum Gasteiger partial charge on any atom is 0.259 e. The first kappa shape index (κ1) is 48.6. The Kier molecular flexibility index (Phi) is 14.9. The average molecular weight is 935 g/mol. The zero-order valence-electron chi connectivity index (χ0n) is 37.8. The molecule has 6 N–H and O–H groups in total. The second-order valence-corrected chi connectivity index (χ2v) is 17.6. The molecule has 0 spiro atoms. The first-order chi connectivity index (χ1) is 31.5. The minimum atomic E-state index is -0.460. The molecule has 2 amide bonds. The summed E-state index contributed by atoms with van der Waals surface area (Å²) in [6, 6.07) is 46.3. The number of phenolic OH excluding ortho intramolecular Hbond substituents is 4. The second kappa shape index (κ2) is 20.5. The van der Waals surface area contributed by atoms with Crippen LogP contribution in [0, 0.1) is 0 Å². The molecule has 12 nitrogen and oxygen atoms in total. The SMILES string of the molecule is CC(C)(C)c1ccc(O)c(N=Nc2c(O)c(C(=O)Nc3ccccc3)cc3ccccc23)c1.CC(C)(C)c1ccc(O)c(N=Nc2c(O)c(C(=O)Nc3ccccc3)cc3ccccc23)c1.[Fe]. The summed E-state index contributed by atoms with van der Waals surface area (Å²) in [7, 11) is 0. The normalized spacial score (nSPS) is 11.6. The number of amides is 2. The van der Waals surface area contributed by atoms with Crippen molar-refractivity contribution in [2.24, 2.45) is 20.5 Å². The number of para-hydroxylation sites is 2. The quantitative estimate of drug-likeness (QED) is 0.0649. The summed E-state index contributed by atoms with van der Waals surface area (Å²) in [4.78, 5) is 25.9. The van der Waals surface area contributed by atoms with Gasteiger partial charge in [-0.1, -0.05) is 139 Å². The Balaban J connectivity index is 0.000000218. The number of hydrogen-bond donors (Lipinski definition) is 6. The third-order valence-electron chi connectivity index (χ3n) is 10.7. The average Bonchev–Trinajstić information content (AvgIpc) is 3.29. The molecule has 8 rings (SSSR count). The van der Waals surface area contributed by atoms with Gasteiger partial charge in [0.25, 0.3) is 11.8 Å². The Morgan fingerprint density at radius 2 is 0.776 bits per heavy atom. The van der Waals surface area contributed by atoms with Gasteiger partial charge in [0.2, 0.25) is 0 Å². The Hall–Kier alpha value is -7.86. The minimum absolute atomic E-state index is 0. The van der Waals surface area contributed by atoms with Crippen LogP contribution in [0.15, 0.2) is 178 Å². The monoisotopic (exact) mass is 934 g/mol. The number of phenols is 4. The zero-order valence-corrected chi connectivity index (χ0v) is 38.9. The molecule has 0 heterocycles. The van der Waals surface area contributed by atoms with E-state index in [4.69, 9.17) is 0 Å². The van der Waals surface area contributed by atoms with Crippen LogP contribution in [0.5, 0.6) is 23.0 Å². The molecule has 67 heavy (non-hydrogen) atoms. The first-order valence-electron chi connectivity index (χ1n) is 21.2. The Morgan fingerprint density at radius 1 is 0.433 bits per heavy atom. The molecule has 340 valence electrons. The molecule has 0 saturated carbocycles. The van der Waals surface area contributed by atoms with E-state index in [-0.39, 0.29) is 84.8 Å². The molecule has 8 aromatic carbocycles. The largest absolute Gasteiger partial charge is 0.506 e. The van der Waals surface area contributed by atoms with Gasteiger partial charge in [-0.3, -0.25) is 9.59 Å². The summed E-state index contributed by atoms with van der Waals surface area (Å²) < 4.78 is 0. The van der Waals surface area contributed by atoms with E-state index in [1.54, 1.807) is 72.8 Å². The molecule has 0 aliphatic rings. The van der Waals surface area contributed by atoms with Crippen LogP contribution in [0.1, 0.15) is 73.4 Å². The molecule has 0 aromatic heterocycles. The van der Waals surface area contributed by atoms with Crippen molar-refractivity contribution in [2.45, 2.75) is 52.4 Å². The number of benzene rings is 8. The smallest absolute Gasteiger partial charge is 0.259 e. The van der Waals surface area contributed by atoms with Gasteiger partial charge in [-0.05, 0) is 93.4 Å². The Labute approximate surface area is 399 Å². The molecule has 0 bridgehead atoms. The van der Waals surface area contributed by atoms with Crippen LogP contribution in [0.2, 0.25) is 0 Å². The minimum Gasteiger partial charge on any atom is -0.506 e. The number of anilines is 2. The number of nitrogens with zero attached hydrogens (tertiary/aromatic N) is 4. The van der Waals surface area contributed by atoms with Gasteiger partial charge >= 0.3 is 0 Å². The molecule has 0 radical (unpaired) electrons. The van der Waals surface area contributed by atoms with Crippen molar-refractivity contribution >= 4 is 67.5 Å². The Morgan fingerprint density at radius 3 is 1.13 bits per heavy atom. The van der Waals surface area contributed by atoms with E-state index in [9.17, 15) is 30.0 Å². The van der Waals surface area contributed by atoms with Crippen LogP contribution in [0.25, 0.3) is 21.5 Å². The van der Waals surface area contributed by atoms with E-state index >= 15 is 0 Å². The topological polar surface area (TPSA) is 189 Å². The molecular formula is C54H50FeN6O6. The number of aromatic hydroxyl groups is 4. The number of fused-ring (bicyclic) bond motifs is 2. The third kappa shape index (κ3) is 11.5. The van der Waals surface area contributed by atoms with Crippen LogP contribution in [-0.4, -0.2) is 32.2 Å². The predicted molar refractivity (Wildman–Crippen MR) is 262 cm³/mol. The number of carbonyl (C=O) groups excluding carboxylic acids is 2. The van der Waals surface area contributed by atoms with Gasteiger partial charge in [0.1, 0.15) is 34.2 Å². The van der Waals surface area contributed by atoms with Crippen molar-refractivity contribution < 1.29 is 47.1 Å². The van der Waals surface area contributed by atoms with Crippen LogP contribution < -0.4 is 10.6 Å². The number of azo groups is 2. The van der Waals surface area contributed by atoms with Crippen molar-refractivity contribution in [1.82, 2.24) is 0 Å². The summed E-state index contributed by atoms with van der Waals surface area (Å²) in [6.45, 7) is 12.4. The van der Waals surface area contributed by atoms with Crippen molar-refractivity contribution in [1.29, 1.82) is 0 Å². The maximum absolute atomic E-state index is 12.9. The molecular weight excluding hydrogens is 884 g/mol. The molecule has 0 atom stereocenters. The van der Waals surface area contributed by atoms with Crippen LogP contribution >= 0.6 is 0 Å². The molecule has 0 unspecified atom stereocenters. The molecule has 8 aromatic rings. The van der Waals surface area contributed by atoms with Gasteiger partial charge in [-0.15, -0.1) is 20.5 Å². The summed E-state index contributed by atoms with van der Waals surface area (Å²) in [6.07, 6.45) is 0. The molecule has 0 saturated heterocycles. The molecule has 0 fully saturated rings. The van der Waals surface area contributed by atoms with Crippen LogP contribution in [0.3, 0.4) is 0 Å². The predicted octanol–water partition coefficient (Wildman–Crippen LogP) is 14.4. The number of rotatable bonds is 8. The van der Waals surface area contributed by atoms with E-state index < -0.39 is 11.8 Å². The van der Waals surface area contributed by atoms with E-state index in [1.807, 2.05) is 84.9 Å². The van der Waals surface area contributed by atoms with Gasteiger partial charge < -0.3 is 31.1 Å². The van der Waals surface area contributed by atoms with Gasteiger partial charge in [-0.2, -0.15) is 0 Å². The van der Waals surface area contributed by atoms with Crippen molar-refractivity contribution in [2.75, 3.05) is 10.6 Å². The van der Waals surface area contributed by atoms with Gasteiger partial charge in [0, 0.05) is 39.2 Å². The number of hydrogen-bond acceptors (Lipinski definition) is 10. The van der Waals surface area contributed by atoms with Crippen molar-refractivity contribution in [3.05, 3.63) is 180 Å². The van der Waals surface area contributed by atoms with Gasteiger partial charge in [0.05, 0.1) is 11.1 Å². The Bertz CT molecular complexity index is 2930. The first-order valence-corrected chi connectivity index (χ1v) is 21.2.